The van der Waals surface area contributed by atoms with Gasteiger partial charge in [0, 0.05) is 25.0 Å². The van der Waals surface area contributed by atoms with Gasteiger partial charge in [-0.1, -0.05) is 13.0 Å². The fraction of sp³-hybridized carbons (Fsp3) is 0.333. The molecule has 19 heavy (non-hydrogen) atoms. The van der Waals surface area contributed by atoms with Crippen molar-refractivity contribution in [3.05, 3.63) is 58.3 Å². The molecule has 0 saturated heterocycles. The number of nitrogens with one attached hydrogen (secondary N) is 1. The summed E-state index contributed by atoms with van der Waals surface area (Å²) < 4.78 is 1.73. The van der Waals surface area contributed by atoms with Crippen LogP contribution >= 0.6 is 0 Å². The number of rotatable bonds is 5. The van der Waals surface area contributed by atoms with Gasteiger partial charge in [0.2, 0.25) is 0 Å². The largest absolute Gasteiger partial charge is 0.378 e. The quantitative estimate of drug-likeness (QED) is 0.895. The fourth-order valence-corrected chi connectivity index (χ4v) is 1.85. The Kier molecular flexibility index (Phi) is 4.34. The highest BCUT2D eigenvalue weighted by atomic mass is 16.1. The minimum atomic E-state index is 0.0425. The molecule has 0 amide bonds. The third-order valence-corrected chi connectivity index (χ3v) is 2.89. The molecule has 2 rings (SSSR count). The summed E-state index contributed by atoms with van der Waals surface area (Å²) in [4.78, 5) is 15.9. The highest BCUT2D eigenvalue weighted by molar-refractivity contribution is 5.40. The molecule has 0 fully saturated rings. The molecule has 0 bridgehead atoms. The summed E-state index contributed by atoms with van der Waals surface area (Å²) in [5, 5.41) is 3.28. The lowest BCUT2D eigenvalue weighted by Crippen LogP contribution is -2.18. The van der Waals surface area contributed by atoms with Gasteiger partial charge in [0.1, 0.15) is 0 Å². The van der Waals surface area contributed by atoms with E-state index in [1.165, 1.54) is 0 Å². The zero-order chi connectivity index (χ0) is 13.7. The molecule has 0 aliphatic carbocycles. The molecule has 1 N–H and O–H groups in total. The van der Waals surface area contributed by atoms with Gasteiger partial charge in [-0.25, -0.2) is 0 Å². The summed E-state index contributed by atoms with van der Waals surface area (Å²) in [5.41, 5.74) is 3.12. The van der Waals surface area contributed by atoms with E-state index >= 15 is 0 Å². The molecule has 0 radical (unpaired) electrons. The number of aryl methyl sites for hydroxylation is 2. The molecule has 0 aliphatic rings. The molecule has 0 spiro atoms. The van der Waals surface area contributed by atoms with E-state index in [1.54, 1.807) is 10.6 Å². The smallest absolute Gasteiger partial charge is 0.250 e. The van der Waals surface area contributed by atoms with Crippen LogP contribution in [-0.2, 0) is 13.1 Å². The molecule has 0 atom stereocenters. The Morgan fingerprint density at radius 3 is 2.79 bits per heavy atom. The average molecular weight is 257 g/mol. The number of nitrogens with zero attached hydrogens (tertiary/aromatic N) is 2. The van der Waals surface area contributed by atoms with Crippen LogP contribution in [0, 0.1) is 6.92 Å². The maximum Gasteiger partial charge on any atom is 0.250 e. The number of anilines is 1. The lowest BCUT2D eigenvalue weighted by Gasteiger charge is -2.09. The minimum absolute atomic E-state index is 0.0425. The Bertz CT molecular complexity index is 587. The first-order valence-corrected chi connectivity index (χ1v) is 6.55. The van der Waals surface area contributed by atoms with Crippen molar-refractivity contribution < 1.29 is 0 Å². The molecule has 100 valence electrons. The summed E-state index contributed by atoms with van der Waals surface area (Å²) in [5.74, 6) is 0. The topological polar surface area (TPSA) is 46.9 Å². The number of aromatic nitrogens is 2. The Morgan fingerprint density at radius 2 is 2.11 bits per heavy atom. The first kappa shape index (κ1) is 13.3. The lowest BCUT2D eigenvalue weighted by atomic mass is 10.2. The Labute approximate surface area is 113 Å². The maximum atomic E-state index is 11.6. The van der Waals surface area contributed by atoms with Gasteiger partial charge in [-0.15, -0.1) is 0 Å². The average Bonchev–Trinajstić information content (AvgIpc) is 2.42. The van der Waals surface area contributed by atoms with Crippen molar-refractivity contribution in [3.63, 3.8) is 0 Å². The van der Waals surface area contributed by atoms with E-state index in [1.807, 2.05) is 37.5 Å². The molecule has 4 nitrogen and oxygen atoms in total. The molecule has 2 aromatic rings. The highest BCUT2D eigenvalue weighted by Crippen LogP contribution is 2.06. The Hall–Kier alpha value is -2.10. The van der Waals surface area contributed by atoms with Gasteiger partial charge >= 0.3 is 0 Å². The molecule has 0 unspecified atom stereocenters. The second kappa shape index (κ2) is 6.18. The van der Waals surface area contributed by atoms with Crippen molar-refractivity contribution in [3.8, 4) is 0 Å². The van der Waals surface area contributed by atoms with Crippen molar-refractivity contribution in [1.29, 1.82) is 0 Å². The molecule has 0 saturated carbocycles. The van der Waals surface area contributed by atoms with E-state index in [9.17, 15) is 4.79 Å². The molecule has 0 aliphatic heterocycles. The van der Waals surface area contributed by atoms with Gasteiger partial charge < -0.3 is 9.88 Å². The van der Waals surface area contributed by atoms with Crippen LogP contribution in [0.4, 0.5) is 5.69 Å². The number of hydrogen-bond donors (Lipinski definition) is 1. The monoisotopic (exact) mass is 257 g/mol. The summed E-state index contributed by atoms with van der Waals surface area (Å²) in [6, 6.07) is 7.45. The second-order valence-corrected chi connectivity index (χ2v) is 4.63. The van der Waals surface area contributed by atoms with Crippen molar-refractivity contribution in [2.45, 2.75) is 33.4 Å². The zero-order valence-corrected chi connectivity index (χ0v) is 11.4. The third kappa shape index (κ3) is 3.68. The zero-order valence-electron chi connectivity index (χ0n) is 11.4. The summed E-state index contributed by atoms with van der Waals surface area (Å²) in [6.07, 6.45) is 4.66. The van der Waals surface area contributed by atoms with Crippen LogP contribution in [0.25, 0.3) is 0 Å². The molecular weight excluding hydrogens is 238 g/mol. The van der Waals surface area contributed by atoms with E-state index < -0.39 is 0 Å². The van der Waals surface area contributed by atoms with E-state index in [-0.39, 0.29) is 5.56 Å². The molecule has 2 aromatic heterocycles. The van der Waals surface area contributed by atoms with Gasteiger partial charge in [0.25, 0.3) is 5.56 Å². The standard InChI is InChI=1S/C15H19N3O/c1-3-8-18-11-14(6-7-15(18)19)17-10-13-5-4-12(2)9-16-13/h4-7,9,11,17H,3,8,10H2,1-2H3. The van der Waals surface area contributed by atoms with Crippen LogP contribution < -0.4 is 10.9 Å². The normalized spacial score (nSPS) is 10.4. The van der Waals surface area contributed by atoms with Gasteiger partial charge in [-0.2, -0.15) is 0 Å². The van der Waals surface area contributed by atoms with Crippen LogP contribution in [0.1, 0.15) is 24.6 Å². The highest BCUT2D eigenvalue weighted by Gasteiger charge is 1.99. The number of pyridine rings is 2. The third-order valence-electron chi connectivity index (χ3n) is 2.89. The Balaban J connectivity index is 2.05. The number of hydrogen-bond acceptors (Lipinski definition) is 3. The van der Waals surface area contributed by atoms with Gasteiger partial charge in [0.15, 0.2) is 0 Å². The van der Waals surface area contributed by atoms with Crippen molar-refractivity contribution in [2.75, 3.05) is 5.32 Å². The summed E-state index contributed by atoms with van der Waals surface area (Å²) in [6.45, 7) is 5.48. The fourth-order valence-electron chi connectivity index (χ4n) is 1.85. The summed E-state index contributed by atoms with van der Waals surface area (Å²) >= 11 is 0. The van der Waals surface area contributed by atoms with Crippen LogP contribution in [-0.4, -0.2) is 9.55 Å². The molecule has 0 aromatic carbocycles. The minimum Gasteiger partial charge on any atom is -0.378 e. The van der Waals surface area contributed by atoms with E-state index in [0.29, 0.717) is 6.54 Å². The second-order valence-electron chi connectivity index (χ2n) is 4.63. The van der Waals surface area contributed by atoms with E-state index in [2.05, 4.69) is 17.2 Å². The Morgan fingerprint density at radius 1 is 1.26 bits per heavy atom. The first-order valence-electron chi connectivity index (χ1n) is 6.55. The first-order chi connectivity index (χ1) is 9.19. The van der Waals surface area contributed by atoms with Crippen molar-refractivity contribution in [2.24, 2.45) is 0 Å². The molecule has 4 heteroatoms. The predicted molar refractivity (Wildman–Crippen MR) is 77.3 cm³/mol. The van der Waals surface area contributed by atoms with Crippen LogP contribution in [0.15, 0.2) is 41.5 Å². The van der Waals surface area contributed by atoms with Gasteiger partial charge in [-0.05, 0) is 31.0 Å². The van der Waals surface area contributed by atoms with Crippen LogP contribution in [0.5, 0.6) is 0 Å². The SMILES string of the molecule is CCCn1cc(NCc2ccc(C)cn2)ccc1=O. The lowest BCUT2D eigenvalue weighted by molar-refractivity contribution is 0.655. The van der Waals surface area contributed by atoms with Crippen LogP contribution in [0.3, 0.4) is 0 Å². The summed E-state index contributed by atoms with van der Waals surface area (Å²) in [7, 11) is 0. The van der Waals surface area contributed by atoms with Gasteiger partial charge in [0.05, 0.1) is 17.9 Å². The van der Waals surface area contributed by atoms with Crippen molar-refractivity contribution in [1.82, 2.24) is 9.55 Å². The van der Waals surface area contributed by atoms with E-state index in [0.717, 1.165) is 29.9 Å². The predicted octanol–water partition coefficient (Wildman–Crippen LogP) is 2.57. The molecule has 2 heterocycles. The van der Waals surface area contributed by atoms with Crippen LogP contribution in [0.2, 0.25) is 0 Å². The van der Waals surface area contributed by atoms with Gasteiger partial charge in [-0.3, -0.25) is 9.78 Å². The maximum absolute atomic E-state index is 11.6. The molecular formula is C15H19N3O. The van der Waals surface area contributed by atoms with Crippen molar-refractivity contribution >= 4 is 5.69 Å². The van der Waals surface area contributed by atoms with E-state index in [4.69, 9.17) is 0 Å².